The van der Waals surface area contributed by atoms with Crippen LogP contribution in [0, 0.1) is 0 Å². The van der Waals surface area contributed by atoms with Gasteiger partial charge in [0.25, 0.3) is 5.91 Å². The average Bonchev–Trinajstić information content (AvgIpc) is 2.94. The Morgan fingerprint density at radius 1 is 1.15 bits per heavy atom. The number of pyridine rings is 1. The van der Waals surface area contributed by atoms with Crippen molar-refractivity contribution in [3.63, 3.8) is 0 Å². The molecule has 3 heterocycles. The van der Waals surface area contributed by atoms with Gasteiger partial charge < -0.3 is 9.80 Å². The van der Waals surface area contributed by atoms with Gasteiger partial charge >= 0.3 is 0 Å². The first-order chi connectivity index (χ1) is 12.6. The molecule has 0 aliphatic carbocycles. The van der Waals surface area contributed by atoms with Gasteiger partial charge in [0.2, 0.25) is 0 Å². The lowest BCUT2D eigenvalue weighted by Crippen LogP contribution is -2.47. The van der Waals surface area contributed by atoms with Crippen molar-refractivity contribution in [1.29, 1.82) is 0 Å². The zero-order chi connectivity index (χ0) is 18.5. The van der Waals surface area contributed by atoms with Gasteiger partial charge in [-0.1, -0.05) is 6.07 Å². The third-order valence-corrected chi connectivity index (χ3v) is 5.70. The van der Waals surface area contributed by atoms with Gasteiger partial charge in [0.15, 0.2) is 0 Å². The Labute approximate surface area is 156 Å². The molecule has 0 saturated carbocycles. The maximum atomic E-state index is 11.7. The van der Waals surface area contributed by atoms with Gasteiger partial charge in [-0.3, -0.25) is 15.1 Å². The van der Waals surface area contributed by atoms with E-state index in [4.69, 9.17) is 5.84 Å². The van der Waals surface area contributed by atoms with Crippen molar-refractivity contribution < 1.29 is 4.79 Å². The second kappa shape index (κ2) is 8.79. The van der Waals surface area contributed by atoms with E-state index in [1.54, 1.807) is 6.07 Å². The highest BCUT2D eigenvalue weighted by Gasteiger charge is 2.27. The van der Waals surface area contributed by atoms with Crippen LogP contribution in [0.25, 0.3) is 0 Å². The molecular weight excluding hydrogens is 328 g/mol. The fourth-order valence-corrected chi connectivity index (χ4v) is 4.10. The molecular formula is C19H32N6O. The summed E-state index contributed by atoms with van der Waals surface area (Å²) >= 11 is 0. The van der Waals surface area contributed by atoms with Crippen LogP contribution in [0.1, 0.15) is 43.6 Å². The molecule has 0 aromatic carbocycles. The summed E-state index contributed by atoms with van der Waals surface area (Å²) in [6, 6.07) is 6.89. The number of likely N-dealkylation sites (tertiary alicyclic amines) is 1. The van der Waals surface area contributed by atoms with E-state index < -0.39 is 0 Å². The van der Waals surface area contributed by atoms with E-state index in [1.807, 2.05) is 12.1 Å². The number of nitrogens with zero attached hydrogens (tertiary/aromatic N) is 4. The Balaban J connectivity index is 1.58. The van der Waals surface area contributed by atoms with Gasteiger partial charge in [0, 0.05) is 38.3 Å². The molecule has 2 aliphatic heterocycles. The quantitative estimate of drug-likeness (QED) is 0.475. The third kappa shape index (κ3) is 4.52. The fraction of sp³-hybridized carbons (Fsp3) is 0.684. The Morgan fingerprint density at radius 3 is 2.62 bits per heavy atom. The molecule has 0 bridgehead atoms. The van der Waals surface area contributed by atoms with E-state index in [0.29, 0.717) is 17.8 Å². The first-order valence-electron chi connectivity index (χ1n) is 9.79. The molecule has 2 saturated heterocycles. The molecule has 3 rings (SSSR count). The van der Waals surface area contributed by atoms with Gasteiger partial charge in [-0.25, -0.2) is 10.8 Å². The number of amides is 1. The molecule has 0 atom stereocenters. The van der Waals surface area contributed by atoms with Crippen molar-refractivity contribution >= 4 is 11.7 Å². The normalized spacial score (nSPS) is 21.0. The Morgan fingerprint density at radius 2 is 1.92 bits per heavy atom. The molecule has 0 radical (unpaired) electrons. The molecule has 1 aromatic rings. The SMILES string of the molecule is CC(C)N1CCC(N2CCCN(c3cccc(C(=O)NN)n3)CC2)CC1. The molecule has 2 aliphatic rings. The predicted octanol–water partition coefficient (Wildman–Crippen LogP) is 1.07. The van der Waals surface area contributed by atoms with E-state index in [2.05, 4.69) is 39.0 Å². The van der Waals surface area contributed by atoms with Gasteiger partial charge in [-0.2, -0.15) is 0 Å². The maximum absolute atomic E-state index is 11.7. The Hall–Kier alpha value is -1.70. The molecule has 144 valence electrons. The molecule has 0 spiro atoms. The molecule has 1 amide bonds. The summed E-state index contributed by atoms with van der Waals surface area (Å²) in [7, 11) is 0. The number of rotatable bonds is 4. The summed E-state index contributed by atoms with van der Waals surface area (Å²) in [5.74, 6) is 5.74. The maximum Gasteiger partial charge on any atom is 0.283 e. The summed E-state index contributed by atoms with van der Waals surface area (Å²) in [4.78, 5) is 23.7. The molecule has 7 nitrogen and oxygen atoms in total. The van der Waals surface area contributed by atoms with Crippen LogP contribution in [-0.4, -0.2) is 72.0 Å². The van der Waals surface area contributed by atoms with E-state index in [-0.39, 0.29) is 5.91 Å². The minimum Gasteiger partial charge on any atom is -0.355 e. The first kappa shape index (κ1) is 19.1. The minimum atomic E-state index is -0.347. The summed E-state index contributed by atoms with van der Waals surface area (Å²) in [5.41, 5.74) is 2.52. The highest BCUT2D eigenvalue weighted by atomic mass is 16.2. The van der Waals surface area contributed by atoms with E-state index in [9.17, 15) is 4.79 Å². The molecule has 0 unspecified atom stereocenters. The van der Waals surface area contributed by atoms with Crippen LogP contribution in [0.2, 0.25) is 0 Å². The number of piperidine rings is 1. The predicted molar refractivity (Wildman–Crippen MR) is 104 cm³/mol. The molecule has 7 heteroatoms. The van der Waals surface area contributed by atoms with Crippen molar-refractivity contribution in [3.05, 3.63) is 23.9 Å². The summed E-state index contributed by atoms with van der Waals surface area (Å²) in [6.07, 6.45) is 3.66. The zero-order valence-corrected chi connectivity index (χ0v) is 16.0. The number of carbonyl (C=O) groups excluding carboxylic acids is 1. The monoisotopic (exact) mass is 360 g/mol. The summed E-state index contributed by atoms with van der Waals surface area (Å²) in [6.45, 7) is 11.1. The number of anilines is 1. The smallest absolute Gasteiger partial charge is 0.283 e. The van der Waals surface area contributed by atoms with E-state index >= 15 is 0 Å². The van der Waals surface area contributed by atoms with Crippen molar-refractivity contribution in [3.8, 4) is 0 Å². The number of hydrogen-bond acceptors (Lipinski definition) is 6. The summed E-state index contributed by atoms with van der Waals surface area (Å²) < 4.78 is 0. The van der Waals surface area contributed by atoms with Crippen LogP contribution in [0.15, 0.2) is 18.2 Å². The lowest BCUT2D eigenvalue weighted by molar-refractivity contribution is 0.0948. The highest BCUT2D eigenvalue weighted by Crippen LogP contribution is 2.21. The van der Waals surface area contributed by atoms with Crippen LogP contribution in [0.4, 0.5) is 5.82 Å². The van der Waals surface area contributed by atoms with Crippen molar-refractivity contribution in [2.24, 2.45) is 5.84 Å². The van der Waals surface area contributed by atoms with Crippen molar-refractivity contribution in [2.45, 2.75) is 45.2 Å². The molecule has 26 heavy (non-hydrogen) atoms. The van der Waals surface area contributed by atoms with Crippen LogP contribution in [0.5, 0.6) is 0 Å². The topological polar surface area (TPSA) is 77.7 Å². The van der Waals surface area contributed by atoms with Crippen LogP contribution >= 0.6 is 0 Å². The first-order valence-corrected chi connectivity index (χ1v) is 9.79. The van der Waals surface area contributed by atoms with Gasteiger partial charge in [0.05, 0.1) is 0 Å². The lowest BCUT2D eigenvalue weighted by atomic mass is 10.0. The fourth-order valence-electron chi connectivity index (χ4n) is 4.10. The number of carbonyl (C=O) groups is 1. The van der Waals surface area contributed by atoms with E-state index in [0.717, 1.165) is 38.4 Å². The Bertz CT molecular complexity index is 599. The number of hydrogen-bond donors (Lipinski definition) is 2. The number of nitrogens with two attached hydrogens (primary N) is 1. The van der Waals surface area contributed by atoms with Crippen molar-refractivity contribution in [1.82, 2.24) is 20.2 Å². The molecule has 1 aromatic heterocycles. The zero-order valence-electron chi connectivity index (χ0n) is 16.0. The number of aromatic nitrogens is 1. The van der Waals surface area contributed by atoms with Crippen LogP contribution < -0.4 is 16.2 Å². The van der Waals surface area contributed by atoms with Crippen molar-refractivity contribution in [2.75, 3.05) is 44.2 Å². The minimum absolute atomic E-state index is 0.347. The number of nitrogens with one attached hydrogen (secondary N) is 1. The summed E-state index contributed by atoms with van der Waals surface area (Å²) in [5, 5.41) is 0. The average molecular weight is 361 g/mol. The van der Waals surface area contributed by atoms with E-state index in [1.165, 1.54) is 25.9 Å². The second-order valence-corrected chi connectivity index (χ2v) is 7.59. The van der Waals surface area contributed by atoms with Crippen LogP contribution in [-0.2, 0) is 0 Å². The van der Waals surface area contributed by atoms with Gasteiger partial charge in [-0.15, -0.1) is 0 Å². The largest absolute Gasteiger partial charge is 0.355 e. The molecule has 2 fully saturated rings. The Kier molecular flexibility index (Phi) is 6.45. The third-order valence-electron chi connectivity index (χ3n) is 5.70. The molecule has 3 N–H and O–H groups in total. The van der Waals surface area contributed by atoms with Crippen LogP contribution in [0.3, 0.4) is 0 Å². The number of nitrogen functional groups attached to an aromatic ring is 1. The van der Waals surface area contributed by atoms with Gasteiger partial charge in [-0.05, 0) is 58.3 Å². The number of hydrazine groups is 1. The highest BCUT2D eigenvalue weighted by molar-refractivity contribution is 5.92. The standard InChI is InChI=1S/C19H32N6O/c1-15(2)23-11-7-16(8-12-23)24-9-4-10-25(14-13-24)18-6-3-5-17(21-18)19(26)22-20/h3,5-6,15-16H,4,7-14,20H2,1-2H3,(H,22,26). The second-order valence-electron chi connectivity index (χ2n) is 7.59. The lowest BCUT2D eigenvalue weighted by Gasteiger charge is -2.39. The van der Waals surface area contributed by atoms with Gasteiger partial charge in [0.1, 0.15) is 11.5 Å².